The molecule has 0 aromatic heterocycles. The van der Waals surface area contributed by atoms with Crippen molar-refractivity contribution in [1.82, 2.24) is 5.32 Å². The Balaban J connectivity index is 0. The van der Waals surface area contributed by atoms with E-state index in [2.05, 4.69) is 17.2 Å². The van der Waals surface area contributed by atoms with Crippen LogP contribution in [0.3, 0.4) is 0 Å². The standard InChI is InChI=1S/C28H54N2O4.Na/c1-4-5-6-7-8-9-12-15-18-21-25(31)30-27(24(2)3)28(34)29-23-20-17-14-11-10-13-16-19-22-26(32)33;/h24,27H,4-23H2,1-3H3,(H,29,34)(H,30,31)(H,32,33);/q;+1/p-1/t27-;/m0./s1. The molecule has 0 spiro atoms. The van der Waals surface area contributed by atoms with Gasteiger partial charge in [0.1, 0.15) is 6.04 Å². The maximum absolute atomic E-state index is 12.5. The molecule has 0 radical (unpaired) electrons. The van der Waals surface area contributed by atoms with Crippen LogP contribution in [0.5, 0.6) is 0 Å². The molecular weight excluding hydrogens is 451 g/mol. The number of carboxylic acid groups (broad SMARTS) is 1. The van der Waals surface area contributed by atoms with Gasteiger partial charge in [-0.1, -0.05) is 111 Å². The number of unbranched alkanes of at least 4 members (excludes halogenated alkanes) is 15. The van der Waals surface area contributed by atoms with Gasteiger partial charge in [0.2, 0.25) is 5.91 Å². The minimum Gasteiger partial charge on any atom is -0.862 e. The molecule has 35 heavy (non-hydrogen) atoms. The van der Waals surface area contributed by atoms with Crippen molar-refractivity contribution < 1.29 is 49.4 Å². The zero-order chi connectivity index (χ0) is 25.4. The number of nitrogens with one attached hydrogen (secondary N) is 1. The summed E-state index contributed by atoms with van der Waals surface area (Å²) in [4.78, 5) is 27.2. The molecule has 0 bridgehead atoms. The van der Waals surface area contributed by atoms with Crippen LogP contribution >= 0.6 is 0 Å². The fourth-order valence-electron chi connectivity index (χ4n) is 4.10. The van der Waals surface area contributed by atoms with Gasteiger partial charge in [-0.05, 0) is 37.5 Å². The topological polar surface area (TPSA) is 102 Å². The first-order chi connectivity index (χ1) is 16.4. The zero-order valence-electron chi connectivity index (χ0n) is 23.4. The van der Waals surface area contributed by atoms with E-state index in [1.807, 2.05) is 13.8 Å². The number of hydrogen-bond donors (Lipinski definition) is 2. The SMILES string of the molecule is CCCCCCCCCCCC([O-])=N[C@H](C(=O)NCCCCCCCCCCC(=O)O)C(C)C.[Na+]. The normalized spacial score (nSPS) is 12.4. The van der Waals surface area contributed by atoms with Gasteiger partial charge in [0, 0.05) is 13.0 Å². The second kappa shape index (κ2) is 26.5. The van der Waals surface area contributed by atoms with Crippen LogP contribution in [-0.2, 0) is 9.59 Å². The molecule has 6 nitrogen and oxygen atoms in total. The molecule has 2 N–H and O–H groups in total. The van der Waals surface area contributed by atoms with Crippen molar-refractivity contribution in [3.8, 4) is 0 Å². The fraction of sp³-hybridized carbons (Fsp3) is 0.893. The third-order valence-electron chi connectivity index (χ3n) is 6.29. The van der Waals surface area contributed by atoms with E-state index in [0.717, 1.165) is 64.2 Å². The zero-order valence-corrected chi connectivity index (χ0v) is 25.4. The number of carbonyl (C=O) groups excluding carboxylic acids is 1. The van der Waals surface area contributed by atoms with Crippen molar-refractivity contribution >= 4 is 17.8 Å². The molecule has 0 unspecified atom stereocenters. The number of aliphatic imine (C=N–C) groups is 1. The van der Waals surface area contributed by atoms with Crippen LogP contribution in [0.25, 0.3) is 0 Å². The number of carbonyl (C=O) groups is 2. The molecule has 200 valence electrons. The predicted octanol–water partition coefficient (Wildman–Crippen LogP) is 3.41. The Labute approximate surface area is 237 Å². The van der Waals surface area contributed by atoms with Gasteiger partial charge in [0.25, 0.3) is 0 Å². The van der Waals surface area contributed by atoms with Gasteiger partial charge in [-0.3, -0.25) is 14.6 Å². The van der Waals surface area contributed by atoms with E-state index < -0.39 is 12.0 Å². The van der Waals surface area contributed by atoms with Crippen molar-refractivity contribution in [3.63, 3.8) is 0 Å². The van der Waals surface area contributed by atoms with Gasteiger partial charge in [-0.25, -0.2) is 0 Å². The minimum absolute atomic E-state index is 0. The van der Waals surface area contributed by atoms with Crippen molar-refractivity contribution in [2.75, 3.05) is 6.54 Å². The van der Waals surface area contributed by atoms with Crippen LogP contribution < -0.4 is 40.0 Å². The summed E-state index contributed by atoms with van der Waals surface area (Å²) in [6.45, 7) is 6.74. The third-order valence-corrected chi connectivity index (χ3v) is 6.29. The van der Waals surface area contributed by atoms with Crippen molar-refractivity contribution in [3.05, 3.63) is 0 Å². The molecule has 0 aromatic rings. The van der Waals surface area contributed by atoms with Gasteiger partial charge >= 0.3 is 35.5 Å². The Bertz CT molecular complexity index is 541. The summed E-state index contributed by atoms with van der Waals surface area (Å²) in [5, 5.41) is 23.8. The summed E-state index contributed by atoms with van der Waals surface area (Å²) >= 11 is 0. The Morgan fingerprint density at radius 2 is 1.17 bits per heavy atom. The molecule has 0 saturated carbocycles. The molecule has 0 aliphatic carbocycles. The van der Waals surface area contributed by atoms with Crippen LogP contribution in [0, 0.1) is 5.92 Å². The Morgan fingerprint density at radius 1 is 0.743 bits per heavy atom. The number of aliphatic carboxylic acids is 1. The molecule has 0 heterocycles. The molecule has 0 aliphatic heterocycles. The van der Waals surface area contributed by atoms with Crippen LogP contribution in [0.4, 0.5) is 0 Å². The van der Waals surface area contributed by atoms with E-state index in [0.29, 0.717) is 13.0 Å². The van der Waals surface area contributed by atoms with E-state index in [-0.39, 0.29) is 53.7 Å². The van der Waals surface area contributed by atoms with Crippen molar-refractivity contribution in [2.45, 2.75) is 149 Å². The molecule has 1 amide bonds. The molecule has 0 rings (SSSR count). The summed E-state index contributed by atoms with van der Waals surface area (Å²) in [6, 6.07) is -0.586. The molecule has 0 saturated heterocycles. The van der Waals surface area contributed by atoms with Gasteiger partial charge in [-0.15, -0.1) is 0 Å². The molecule has 1 atom stereocenters. The minimum atomic E-state index is -0.710. The maximum atomic E-state index is 12.5. The van der Waals surface area contributed by atoms with Crippen LogP contribution in [-0.4, -0.2) is 35.5 Å². The molecule has 0 aromatic carbocycles. The quantitative estimate of drug-likeness (QED) is 0.0910. The van der Waals surface area contributed by atoms with E-state index in [1.165, 1.54) is 44.9 Å². The smallest absolute Gasteiger partial charge is 0.862 e. The predicted molar refractivity (Wildman–Crippen MR) is 140 cm³/mol. The largest absolute Gasteiger partial charge is 1.00 e. The number of amides is 1. The maximum Gasteiger partial charge on any atom is 1.00 e. The van der Waals surface area contributed by atoms with Crippen molar-refractivity contribution in [1.29, 1.82) is 0 Å². The number of nitrogens with zero attached hydrogens (tertiary/aromatic N) is 1. The molecule has 0 aliphatic rings. The Hall–Kier alpha value is -0.590. The first-order valence-electron chi connectivity index (χ1n) is 14.1. The first-order valence-corrected chi connectivity index (χ1v) is 14.1. The van der Waals surface area contributed by atoms with E-state index in [9.17, 15) is 14.7 Å². The van der Waals surface area contributed by atoms with Gasteiger partial charge in [0.15, 0.2) is 0 Å². The van der Waals surface area contributed by atoms with E-state index in [4.69, 9.17) is 5.11 Å². The number of rotatable bonds is 24. The van der Waals surface area contributed by atoms with Gasteiger partial charge in [0.05, 0.1) is 0 Å². The first kappa shape index (κ1) is 36.6. The van der Waals surface area contributed by atoms with Gasteiger partial charge in [-0.2, -0.15) is 0 Å². The molecule has 7 heteroatoms. The Morgan fingerprint density at radius 3 is 1.63 bits per heavy atom. The monoisotopic (exact) mass is 504 g/mol. The summed E-state index contributed by atoms with van der Waals surface area (Å²) < 4.78 is 0. The van der Waals surface area contributed by atoms with Crippen LogP contribution in [0.1, 0.15) is 143 Å². The summed E-state index contributed by atoms with van der Waals surface area (Å²) in [5.74, 6) is -0.972. The number of hydrogen-bond acceptors (Lipinski definition) is 4. The number of carboxylic acids is 1. The van der Waals surface area contributed by atoms with Crippen LogP contribution in [0.15, 0.2) is 4.99 Å². The molecule has 0 fully saturated rings. The second-order valence-electron chi connectivity index (χ2n) is 10.1. The summed E-state index contributed by atoms with van der Waals surface area (Å²) in [7, 11) is 0. The average Bonchev–Trinajstić information content (AvgIpc) is 2.79. The Kier molecular flexibility index (Phi) is 27.7. The van der Waals surface area contributed by atoms with E-state index >= 15 is 0 Å². The van der Waals surface area contributed by atoms with Gasteiger partial charge < -0.3 is 15.5 Å². The molecular formula is C28H53N2NaO4. The van der Waals surface area contributed by atoms with Crippen molar-refractivity contribution in [2.24, 2.45) is 10.9 Å². The van der Waals surface area contributed by atoms with E-state index in [1.54, 1.807) is 0 Å². The van der Waals surface area contributed by atoms with Crippen LogP contribution in [0.2, 0.25) is 0 Å². The fourth-order valence-corrected chi connectivity index (χ4v) is 4.10. The second-order valence-corrected chi connectivity index (χ2v) is 10.1. The third kappa shape index (κ3) is 24.9. The average molecular weight is 505 g/mol. The summed E-state index contributed by atoms with van der Waals surface area (Å²) in [6.07, 6.45) is 19.9. The summed E-state index contributed by atoms with van der Waals surface area (Å²) in [5.41, 5.74) is 0.